The number of anilines is 1. The molecule has 3 heterocycles. The van der Waals surface area contributed by atoms with Gasteiger partial charge in [-0.15, -0.1) is 0 Å². The van der Waals surface area contributed by atoms with Gasteiger partial charge in [-0.25, -0.2) is 4.98 Å². The molecule has 0 bridgehead atoms. The standard InChI is InChI=1S/C19H20N4O/c1-21-16-7-3-2-6-15(16)14-17(21)19(24)23-12-10-22(11-13-23)18-8-4-5-9-20-18/h2-9,14H,10-13H2,1H3/p+1. The molecule has 4 rings (SSSR count). The zero-order valence-electron chi connectivity index (χ0n) is 13.8. The molecule has 1 amide bonds. The number of carbonyl (C=O) groups excluding carboxylic acids is 1. The first-order valence-electron chi connectivity index (χ1n) is 8.29. The molecule has 5 nitrogen and oxygen atoms in total. The normalized spacial score (nSPS) is 15.0. The minimum absolute atomic E-state index is 0.116. The van der Waals surface area contributed by atoms with Crippen molar-refractivity contribution in [3.8, 4) is 0 Å². The van der Waals surface area contributed by atoms with Crippen LogP contribution in [0.25, 0.3) is 10.9 Å². The number of aromatic nitrogens is 2. The van der Waals surface area contributed by atoms with Crippen LogP contribution in [0.1, 0.15) is 10.5 Å². The van der Waals surface area contributed by atoms with Crippen LogP contribution in [0.3, 0.4) is 0 Å². The fourth-order valence-electron chi connectivity index (χ4n) is 3.39. The number of pyridine rings is 1. The summed E-state index contributed by atoms with van der Waals surface area (Å²) in [6, 6.07) is 16.2. The number of carbonyl (C=O) groups is 1. The summed E-state index contributed by atoms with van der Waals surface area (Å²) in [4.78, 5) is 20.4. The number of H-pyrrole nitrogens is 1. The lowest BCUT2D eigenvalue weighted by Gasteiger charge is -2.31. The van der Waals surface area contributed by atoms with Crippen molar-refractivity contribution in [2.24, 2.45) is 7.05 Å². The van der Waals surface area contributed by atoms with Gasteiger partial charge in [-0.3, -0.25) is 9.69 Å². The van der Waals surface area contributed by atoms with E-state index in [4.69, 9.17) is 0 Å². The van der Waals surface area contributed by atoms with Crippen LogP contribution in [0.15, 0.2) is 54.7 Å². The van der Waals surface area contributed by atoms with Crippen LogP contribution in [0.5, 0.6) is 0 Å². The number of fused-ring (bicyclic) bond motifs is 1. The SMILES string of the molecule is Cn1c(C(=O)N2CCN(c3cccc[nH+]3)CC2)cc2ccccc21. The van der Waals surface area contributed by atoms with Gasteiger partial charge in [0.1, 0.15) is 18.8 Å². The summed E-state index contributed by atoms with van der Waals surface area (Å²) in [6.45, 7) is 3.17. The first kappa shape index (κ1) is 14.8. The minimum Gasteiger partial charge on any atom is -0.340 e. The van der Waals surface area contributed by atoms with Gasteiger partial charge in [0, 0.05) is 24.0 Å². The molecule has 1 saturated heterocycles. The maximum Gasteiger partial charge on any atom is 0.274 e. The zero-order valence-corrected chi connectivity index (χ0v) is 13.8. The van der Waals surface area contributed by atoms with Crippen molar-refractivity contribution in [1.82, 2.24) is 9.47 Å². The number of rotatable bonds is 2. The number of piperazine rings is 1. The Morgan fingerprint density at radius 1 is 1.00 bits per heavy atom. The van der Waals surface area contributed by atoms with Crippen molar-refractivity contribution < 1.29 is 9.78 Å². The first-order valence-corrected chi connectivity index (χ1v) is 8.29. The number of para-hydroxylation sites is 1. The Balaban J connectivity index is 1.51. The predicted molar refractivity (Wildman–Crippen MR) is 94.0 cm³/mol. The molecule has 0 saturated carbocycles. The molecule has 1 aliphatic rings. The lowest BCUT2D eigenvalue weighted by atomic mass is 10.2. The van der Waals surface area contributed by atoms with Crippen molar-refractivity contribution in [2.75, 3.05) is 31.1 Å². The third-order valence-electron chi connectivity index (χ3n) is 4.77. The van der Waals surface area contributed by atoms with Gasteiger partial charge in [-0.05, 0) is 18.2 Å². The number of hydrogen-bond acceptors (Lipinski definition) is 2. The summed E-state index contributed by atoms with van der Waals surface area (Å²) in [5, 5.41) is 1.11. The second-order valence-corrected chi connectivity index (χ2v) is 6.17. The summed E-state index contributed by atoms with van der Waals surface area (Å²) in [5.74, 6) is 1.22. The lowest BCUT2D eigenvalue weighted by Crippen LogP contribution is -2.50. The Kier molecular flexibility index (Phi) is 3.69. The molecule has 5 heteroatoms. The van der Waals surface area contributed by atoms with E-state index in [-0.39, 0.29) is 5.91 Å². The van der Waals surface area contributed by atoms with E-state index >= 15 is 0 Å². The summed E-state index contributed by atoms with van der Waals surface area (Å²) in [6.07, 6.45) is 1.93. The van der Waals surface area contributed by atoms with E-state index in [1.165, 1.54) is 0 Å². The third-order valence-corrected chi connectivity index (χ3v) is 4.77. The number of hydrogen-bond donors (Lipinski definition) is 0. The van der Waals surface area contributed by atoms with Crippen molar-refractivity contribution in [1.29, 1.82) is 0 Å². The highest BCUT2D eigenvalue weighted by Gasteiger charge is 2.28. The number of benzene rings is 1. The Hall–Kier alpha value is -2.82. The van der Waals surface area contributed by atoms with Gasteiger partial charge in [0.25, 0.3) is 11.7 Å². The highest BCUT2D eigenvalue weighted by atomic mass is 16.2. The van der Waals surface area contributed by atoms with Crippen LogP contribution in [-0.2, 0) is 7.05 Å². The van der Waals surface area contributed by atoms with Gasteiger partial charge in [0.05, 0.1) is 19.3 Å². The monoisotopic (exact) mass is 321 g/mol. The second kappa shape index (κ2) is 6.00. The summed E-state index contributed by atoms with van der Waals surface area (Å²) in [5.41, 5.74) is 1.86. The molecule has 1 N–H and O–H groups in total. The largest absolute Gasteiger partial charge is 0.340 e. The van der Waals surface area contributed by atoms with E-state index in [0.29, 0.717) is 0 Å². The van der Waals surface area contributed by atoms with E-state index in [9.17, 15) is 4.79 Å². The Morgan fingerprint density at radius 3 is 2.46 bits per heavy atom. The molecule has 24 heavy (non-hydrogen) atoms. The predicted octanol–water partition coefficient (Wildman–Crippen LogP) is 1.95. The molecule has 122 valence electrons. The Labute approximate surface area is 141 Å². The fraction of sp³-hybridized carbons (Fsp3) is 0.263. The van der Waals surface area contributed by atoms with Crippen LogP contribution < -0.4 is 9.88 Å². The number of aryl methyl sites for hydroxylation is 1. The van der Waals surface area contributed by atoms with Gasteiger partial charge >= 0.3 is 0 Å². The molecule has 0 atom stereocenters. The number of nitrogens with one attached hydrogen (secondary N) is 1. The minimum atomic E-state index is 0.116. The van der Waals surface area contributed by atoms with Crippen LogP contribution in [-0.4, -0.2) is 41.6 Å². The van der Waals surface area contributed by atoms with Gasteiger partial charge in [0.15, 0.2) is 0 Å². The van der Waals surface area contributed by atoms with Crippen LogP contribution in [0.2, 0.25) is 0 Å². The van der Waals surface area contributed by atoms with Gasteiger partial charge in [-0.2, -0.15) is 0 Å². The van der Waals surface area contributed by atoms with Gasteiger partial charge < -0.3 is 9.47 Å². The molecule has 0 radical (unpaired) electrons. The number of amides is 1. The van der Waals surface area contributed by atoms with E-state index in [0.717, 1.165) is 48.6 Å². The zero-order chi connectivity index (χ0) is 16.5. The van der Waals surface area contributed by atoms with E-state index in [2.05, 4.69) is 28.1 Å². The first-order chi connectivity index (χ1) is 11.7. The topological polar surface area (TPSA) is 42.6 Å². The third kappa shape index (κ3) is 2.52. The Bertz CT molecular complexity index is 863. The Morgan fingerprint density at radius 2 is 1.75 bits per heavy atom. The number of aromatic amines is 1. The van der Waals surface area contributed by atoms with Crippen molar-refractivity contribution in [2.45, 2.75) is 0 Å². The van der Waals surface area contributed by atoms with Crippen LogP contribution in [0.4, 0.5) is 5.82 Å². The highest BCUT2D eigenvalue weighted by molar-refractivity contribution is 5.98. The van der Waals surface area contributed by atoms with Crippen molar-refractivity contribution in [3.05, 3.63) is 60.4 Å². The fourth-order valence-corrected chi connectivity index (χ4v) is 3.39. The molecular weight excluding hydrogens is 300 g/mol. The molecular formula is C19H21N4O+. The van der Waals surface area contributed by atoms with E-state index < -0.39 is 0 Å². The second-order valence-electron chi connectivity index (χ2n) is 6.17. The number of nitrogens with zero attached hydrogens (tertiary/aromatic N) is 3. The maximum atomic E-state index is 12.9. The molecule has 1 fully saturated rings. The lowest BCUT2D eigenvalue weighted by molar-refractivity contribution is -0.364. The highest BCUT2D eigenvalue weighted by Crippen LogP contribution is 2.20. The van der Waals surface area contributed by atoms with Crippen LogP contribution in [0, 0.1) is 0 Å². The molecule has 0 spiro atoms. The molecule has 1 aliphatic heterocycles. The molecule has 2 aromatic heterocycles. The van der Waals surface area contributed by atoms with Crippen molar-refractivity contribution >= 4 is 22.6 Å². The van der Waals surface area contributed by atoms with E-state index in [1.807, 2.05) is 53.0 Å². The van der Waals surface area contributed by atoms with Crippen molar-refractivity contribution in [3.63, 3.8) is 0 Å². The average Bonchev–Trinajstić information content (AvgIpc) is 2.99. The van der Waals surface area contributed by atoms with Gasteiger partial charge in [-0.1, -0.05) is 24.3 Å². The van der Waals surface area contributed by atoms with E-state index in [1.54, 1.807) is 0 Å². The molecule has 0 unspecified atom stereocenters. The quantitative estimate of drug-likeness (QED) is 0.724. The van der Waals surface area contributed by atoms with Crippen LogP contribution >= 0.6 is 0 Å². The summed E-state index contributed by atoms with van der Waals surface area (Å²) >= 11 is 0. The maximum absolute atomic E-state index is 12.9. The smallest absolute Gasteiger partial charge is 0.274 e. The van der Waals surface area contributed by atoms with Gasteiger partial charge in [0.2, 0.25) is 0 Å². The molecule has 3 aromatic rings. The summed E-state index contributed by atoms with van der Waals surface area (Å²) < 4.78 is 2.00. The summed E-state index contributed by atoms with van der Waals surface area (Å²) in [7, 11) is 1.96. The average molecular weight is 321 g/mol. The molecule has 0 aliphatic carbocycles. The molecule has 1 aromatic carbocycles.